The highest BCUT2D eigenvalue weighted by molar-refractivity contribution is 7.91. The molecule has 0 aromatic carbocycles. The summed E-state index contributed by atoms with van der Waals surface area (Å²) < 4.78 is 51.1. The van der Waals surface area contributed by atoms with Gasteiger partial charge in [0.15, 0.2) is 0 Å². The first-order chi connectivity index (χ1) is 8.68. The van der Waals surface area contributed by atoms with E-state index in [0.29, 0.717) is 17.3 Å². The van der Waals surface area contributed by atoms with Crippen molar-refractivity contribution in [3.63, 3.8) is 0 Å². The third-order valence-corrected chi connectivity index (χ3v) is 7.27. The van der Waals surface area contributed by atoms with Crippen molar-refractivity contribution >= 4 is 43.0 Å². The minimum Gasteiger partial charge on any atom is -0.213 e. The SMILES string of the molecule is CS(=O)(=O)N1CCC(NS(=O)(=O)c2ccc(Cl)s2)C1. The second-order valence-electron chi connectivity index (χ2n) is 4.29. The van der Waals surface area contributed by atoms with E-state index in [1.165, 1.54) is 16.4 Å². The minimum atomic E-state index is -3.63. The first-order valence-corrected chi connectivity index (χ1v) is 9.94. The zero-order valence-electron chi connectivity index (χ0n) is 10.0. The molecule has 1 fully saturated rings. The number of sulfonamides is 2. The molecule has 0 aliphatic carbocycles. The van der Waals surface area contributed by atoms with Crippen LogP contribution in [-0.2, 0) is 20.0 Å². The summed E-state index contributed by atoms with van der Waals surface area (Å²) in [4.78, 5) is 0. The van der Waals surface area contributed by atoms with Crippen molar-refractivity contribution in [2.75, 3.05) is 19.3 Å². The highest BCUT2D eigenvalue weighted by Gasteiger charge is 2.31. The number of rotatable bonds is 4. The fraction of sp³-hybridized carbons (Fsp3) is 0.556. The second-order valence-corrected chi connectivity index (χ2v) is 9.92. The van der Waals surface area contributed by atoms with Crippen LogP contribution in [0.15, 0.2) is 16.3 Å². The minimum absolute atomic E-state index is 0.135. The number of hydrogen-bond acceptors (Lipinski definition) is 5. The van der Waals surface area contributed by atoms with E-state index in [1.54, 1.807) is 0 Å². The molecule has 6 nitrogen and oxygen atoms in total. The van der Waals surface area contributed by atoms with Gasteiger partial charge in [-0.1, -0.05) is 11.6 Å². The largest absolute Gasteiger partial charge is 0.250 e. The van der Waals surface area contributed by atoms with Crippen molar-refractivity contribution in [2.45, 2.75) is 16.7 Å². The van der Waals surface area contributed by atoms with E-state index < -0.39 is 26.1 Å². The number of thiophene rings is 1. The fourth-order valence-electron chi connectivity index (χ4n) is 1.85. The van der Waals surface area contributed by atoms with Crippen molar-refractivity contribution in [3.8, 4) is 0 Å². The van der Waals surface area contributed by atoms with Gasteiger partial charge in [0, 0.05) is 19.1 Å². The van der Waals surface area contributed by atoms with E-state index in [-0.39, 0.29) is 10.8 Å². The van der Waals surface area contributed by atoms with E-state index in [1.807, 2.05) is 0 Å². The van der Waals surface area contributed by atoms with Crippen LogP contribution in [0, 0.1) is 0 Å². The molecular weight excluding hydrogens is 332 g/mol. The van der Waals surface area contributed by atoms with Gasteiger partial charge in [-0.25, -0.2) is 25.9 Å². The van der Waals surface area contributed by atoms with Gasteiger partial charge in [0.05, 0.1) is 10.6 Å². The summed E-state index contributed by atoms with van der Waals surface area (Å²) >= 11 is 6.67. The summed E-state index contributed by atoms with van der Waals surface area (Å²) in [5, 5.41) is 0. The summed E-state index contributed by atoms with van der Waals surface area (Å²) in [6, 6.07) is 2.54. The van der Waals surface area contributed by atoms with E-state index in [9.17, 15) is 16.8 Å². The molecule has 2 rings (SSSR count). The Balaban J connectivity index is 2.07. The van der Waals surface area contributed by atoms with Crippen LogP contribution in [0.5, 0.6) is 0 Å². The lowest BCUT2D eigenvalue weighted by Gasteiger charge is -2.14. The number of halogens is 1. The van der Waals surface area contributed by atoms with Gasteiger partial charge in [-0.2, -0.15) is 0 Å². The van der Waals surface area contributed by atoms with Crippen LogP contribution in [0.1, 0.15) is 6.42 Å². The van der Waals surface area contributed by atoms with E-state index in [2.05, 4.69) is 4.72 Å². The van der Waals surface area contributed by atoms with E-state index in [0.717, 1.165) is 17.6 Å². The highest BCUT2D eigenvalue weighted by Crippen LogP contribution is 2.26. The van der Waals surface area contributed by atoms with Crippen molar-refractivity contribution in [1.82, 2.24) is 9.03 Å². The Morgan fingerprint density at radius 3 is 2.53 bits per heavy atom. The first-order valence-electron chi connectivity index (χ1n) is 5.41. The van der Waals surface area contributed by atoms with Gasteiger partial charge in [0.2, 0.25) is 20.0 Å². The maximum atomic E-state index is 12.0. The van der Waals surface area contributed by atoms with Gasteiger partial charge in [-0.05, 0) is 18.6 Å². The molecule has 1 aromatic rings. The molecule has 1 N–H and O–H groups in total. The first kappa shape index (κ1) is 15.2. The van der Waals surface area contributed by atoms with Gasteiger partial charge in [-0.15, -0.1) is 11.3 Å². The maximum absolute atomic E-state index is 12.0. The lowest BCUT2D eigenvalue weighted by molar-refractivity contribution is 0.472. The molecule has 10 heteroatoms. The molecule has 1 aliphatic heterocycles. The summed E-state index contributed by atoms with van der Waals surface area (Å²) in [7, 11) is -6.90. The summed E-state index contributed by atoms with van der Waals surface area (Å²) in [6.07, 6.45) is 1.58. The van der Waals surface area contributed by atoms with Gasteiger partial charge in [-0.3, -0.25) is 0 Å². The lowest BCUT2D eigenvalue weighted by atomic mass is 10.3. The monoisotopic (exact) mass is 344 g/mol. The van der Waals surface area contributed by atoms with Crippen LogP contribution >= 0.6 is 22.9 Å². The number of nitrogens with zero attached hydrogens (tertiary/aromatic N) is 1. The Labute approximate surface area is 121 Å². The third kappa shape index (κ3) is 3.67. The van der Waals surface area contributed by atoms with Crippen molar-refractivity contribution in [3.05, 3.63) is 16.5 Å². The molecule has 0 amide bonds. The fourth-order valence-corrected chi connectivity index (χ4v) is 5.49. The smallest absolute Gasteiger partial charge is 0.213 e. The molecule has 19 heavy (non-hydrogen) atoms. The molecule has 2 heterocycles. The van der Waals surface area contributed by atoms with Gasteiger partial charge in [0.1, 0.15) is 4.21 Å². The Bertz CT molecular complexity index is 667. The quantitative estimate of drug-likeness (QED) is 0.872. The lowest BCUT2D eigenvalue weighted by Crippen LogP contribution is -2.37. The summed E-state index contributed by atoms with van der Waals surface area (Å²) in [5.74, 6) is 0. The van der Waals surface area contributed by atoms with Crippen molar-refractivity contribution in [2.24, 2.45) is 0 Å². The molecule has 108 valence electrons. The molecule has 1 atom stereocenters. The molecule has 0 radical (unpaired) electrons. The second kappa shape index (κ2) is 5.30. The van der Waals surface area contributed by atoms with Crippen molar-refractivity contribution < 1.29 is 16.8 Å². The zero-order valence-corrected chi connectivity index (χ0v) is 13.2. The Morgan fingerprint density at radius 1 is 1.37 bits per heavy atom. The topological polar surface area (TPSA) is 83.6 Å². The molecule has 0 saturated carbocycles. The molecule has 1 unspecified atom stereocenters. The summed E-state index contributed by atoms with van der Waals surface area (Å²) in [5.41, 5.74) is 0. The van der Waals surface area contributed by atoms with E-state index in [4.69, 9.17) is 11.6 Å². The van der Waals surface area contributed by atoms with Gasteiger partial charge >= 0.3 is 0 Å². The molecule has 0 bridgehead atoms. The Kier molecular flexibility index (Phi) is 4.24. The highest BCUT2D eigenvalue weighted by atomic mass is 35.5. The molecule has 1 aromatic heterocycles. The Hall–Kier alpha value is -0.190. The molecule has 1 saturated heterocycles. The van der Waals surface area contributed by atoms with Crippen LogP contribution < -0.4 is 4.72 Å². The molecule has 1 aliphatic rings. The maximum Gasteiger partial charge on any atom is 0.250 e. The van der Waals surface area contributed by atoms with Crippen LogP contribution in [0.4, 0.5) is 0 Å². The Morgan fingerprint density at radius 2 is 2.05 bits per heavy atom. The van der Waals surface area contributed by atoms with Crippen LogP contribution in [0.25, 0.3) is 0 Å². The average molecular weight is 345 g/mol. The predicted molar refractivity (Wildman–Crippen MR) is 74.5 cm³/mol. The van der Waals surface area contributed by atoms with Crippen LogP contribution in [0.2, 0.25) is 4.34 Å². The van der Waals surface area contributed by atoms with Gasteiger partial charge in [0.25, 0.3) is 0 Å². The van der Waals surface area contributed by atoms with E-state index >= 15 is 0 Å². The standard InChI is InChI=1S/C9H13ClN2O4S3/c1-18(13,14)12-5-4-7(6-12)11-19(15,16)9-3-2-8(10)17-9/h2-3,7,11H,4-6H2,1H3. The molecule has 0 spiro atoms. The van der Waals surface area contributed by atoms with Gasteiger partial charge < -0.3 is 0 Å². The third-order valence-electron chi connectivity index (χ3n) is 2.76. The normalized spacial score (nSPS) is 21.9. The van der Waals surface area contributed by atoms with Crippen LogP contribution in [0.3, 0.4) is 0 Å². The average Bonchev–Trinajstić information content (AvgIpc) is 2.85. The predicted octanol–water partition coefficient (Wildman–Crippen LogP) is 0.714. The number of nitrogens with one attached hydrogen (secondary N) is 1. The van der Waals surface area contributed by atoms with Crippen LogP contribution in [-0.4, -0.2) is 46.5 Å². The zero-order chi connectivity index (χ0) is 14.3. The number of hydrogen-bond donors (Lipinski definition) is 1. The molecular formula is C9H13ClN2O4S3. The van der Waals surface area contributed by atoms with Crippen molar-refractivity contribution in [1.29, 1.82) is 0 Å². The summed E-state index contributed by atoms with van der Waals surface area (Å²) in [6.45, 7) is 0.494.